The third-order valence-electron chi connectivity index (χ3n) is 3.24. The van der Waals surface area contributed by atoms with Gasteiger partial charge in [-0.05, 0) is 30.5 Å². The largest absolute Gasteiger partial charge is 0.352 e. The summed E-state index contributed by atoms with van der Waals surface area (Å²) >= 11 is 0. The normalized spacial score (nSPS) is 10.5. The van der Waals surface area contributed by atoms with E-state index in [4.69, 9.17) is 0 Å². The van der Waals surface area contributed by atoms with Crippen LogP contribution in [0.4, 0.5) is 0 Å². The predicted molar refractivity (Wildman–Crippen MR) is 85.5 cm³/mol. The third kappa shape index (κ3) is 5.58. The number of amides is 2. The predicted octanol–water partition coefficient (Wildman–Crippen LogP) is 2.94. The van der Waals surface area contributed by atoms with Gasteiger partial charge in [0.1, 0.15) is 0 Å². The molecular weight excluding hydrogens is 264 g/mol. The van der Waals surface area contributed by atoms with Crippen molar-refractivity contribution in [3.05, 3.63) is 35.4 Å². The Bertz CT molecular complexity index is 483. The van der Waals surface area contributed by atoms with Gasteiger partial charge in [0.15, 0.2) is 0 Å². The van der Waals surface area contributed by atoms with Crippen molar-refractivity contribution in [2.75, 3.05) is 20.1 Å². The van der Waals surface area contributed by atoms with Gasteiger partial charge >= 0.3 is 0 Å². The van der Waals surface area contributed by atoms with E-state index in [9.17, 15) is 9.59 Å². The van der Waals surface area contributed by atoms with Crippen molar-refractivity contribution < 1.29 is 9.59 Å². The molecule has 1 aromatic rings. The number of hydrogen-bond acceptors (Lipinski definition) is 2. The van der Waals surface area contributed by atoms with E-state index in [1.165, 1.54) is 0 Å². The molecule has 0 spiro atoms. The summed E-state index contributed by atoms with van der Waals surface area (Å²) in [5, 5.41) is 2.86. The molecule has 116 valence electrons. The summed E-state index contributed by atoms with van der Waals surface area (Å²) in [5.41, 5.74) is 1.09. The summed E-state index contributed by atoms with van der Waals surface area (Å²) < 4.78 is 0. The number of nitrogens with zero attached hydrogens (tertiary/aromatic N) is 1. The van der Waals surface area contributed by atoms with Gasteiger partial charge in [0.05, 0.1) is 0 Å². The molecule has 0 saturated carbocycles. The quantitative estimate of drug-likeness (QED) is 0.839. The highest BCUT2D eigenvalue weighted by Crippen LogP contribution is 2.09. The fourth-order valence-corrected chi connectivity index (χ4v) is 1.91. The van der Waals surface area contributed by atoms with Gasteiger partial charge in [-0.1, -0.05) is 33.3 Å². The fourth-order valence-electron chi connectivity index (χ4n) is 1.91. The summed E-state index contributed by atoms with van der Waals surface area (Å²) in [6.45, 7) is 7.55. The summed E-state index contributed by atoms with van der Waals surface area (Å²) in [5.74, 6) is 0.232. The minimum absolute atomic E-state index is 0.0399. The van der Waals surface area contributed by atoms with Crippen LogP contribution < -0.4 is 5.32 Å². The molecule has 0 aliphatic heterocycles. The number of nitrogens with one attached hydrogen (secondary N) is 1. The van der Waals surface area contributed by atoms with E-state index in [1.807, 2.05) is 13.8 Å². The molecule has 0 aliphatic rings. The van der Waals surface area contributed by atoms with Crippen molar-refractivity contribution in [3.63, 3.8) is 0 Å². The lowest BCUT2D eigenvalue weighted by Crippen LogP contribution is -2.29. The Hall–Kier alpha value is -1.84. The SMILES string of the molecule is CCCCN(C)C(=O)c1cccc(C(=O)NCC(C)C)c1. The highest BCUT2D eigenvalue weighted by Gasteiger charge is 2.13. The van der Waals surface area contributed by atoms with Gasteiger partial charge in [-0.25, -0.2) is 0 Å². The molecule has 0 saturated heterocycles. The number of unbranched alkanes of at least 4 members (excludes halogenated alkanes) is 1. The van der Waals surface area contributed by atoms with Crippen LogP contribution in [0.5, 0.6) is 0 Å². The van der Waals surface area contributed by atoms with Crippen LogP contribution in [0.15, 0.2) is 24.3 Å². The van der Waals surface area contributed by atoms with Gasteiger partial charge < -0.3 is 10.2 Å². The lowest BCUT2D eigenvalue weighted by molar-refractivity contribution is 0.0793. The highest BCUT2D eigenvalue weighted by molar-refractivity contribution is 5.99. The molecule has 21 heavy (non-hydrogen) atoms. The van der Waals surface area contributed by atoms with E-state index in [1.54, 1.807) is 36.2 Å². The summed E-state index contributed by atoms with van der Waals surface area (Å²) in [6.07, 6.45) is 2.03. The maximum atomic E-state index is 12.3. The zero-order valence-corrected chi connectivity index (χ0v) is 13.5. The third-order valence-corrected chi connectivity index (χ3v) is 3.24. The average Bonchev–Trinajstić information content (AvgIpc) is 2.49. The Morgan fingerprint density at radius 2 is 1.90 bits per heavy atom. The van der Waals surface area contributed by atoms with Crippen LogP contribution in [0.2, 0.25) is 0 Å². The topological polar surface area (TPSA) is 49.4 Å². The van der Waals surface area contributed by atoms with E-state index in [0.717, 1.165) is 19.4 Å². The molecule has 0 radical (unpaired) electrons. The van der Waals surface area contributed by atoms with Crippen LogP contribution in [0, 0.1) is 5.92 Å². The van der Waals surface area contributed by atoms with Crippen LogP contribution in [-0.2, 0) is 0 Å². The van der Waals surface area contributed by atoms with Gasteiger partial charge in [-0.3, -0.25) is 9.59 Å². The first kappa shape index (κ1) is 17.2. The molecule has 0 bridgehead atoms. The Morgan fingerprint density at radius 3 is 2.52 bits per heavy atom. The van der Waals surface area contributed by atoms with E-state index >= 15 is 0 Å². The lowest BCUT2D eigenvalue weighted by Gasteiger charge is -2.17. The summed E-state index contributed by atoms with van der Waals surface area (Å²) in [4.78, 5) is 26.0. The maximum Gasteiger partial charge on any atom is 0.253 e. The molecule has 1 aromatic carbocycles. The van der Waals surface area contributed by atoms with Crippen molar-refractivity contribution in [3.8, 4) is 0 Å². The van der Waals surface area contributed by atoms with Crippen LogP contribution in [0.3, 0.4) is 0 Å². The number of benzene rings is 1. The number of carbonyl (C=O) groups is 2. The second-order valence-corrected chi connectivity index (χ2v) is 5.76. The van der Waals surface area contributed by atoms with Crippen LogP contribution in [0.1, 0.15) is 54.3 Å². The van der Waals surface area contributed by atoms with Gasteiger partial charge in [0.25, 0.3) is 11.8 Å². The molecule has 0 atom stereocenters. The molecule has 0 fully saturated rings. The van der Waals surface area contributed by atoms with E-state index in [0.29, 0.717) is 23.6 Å². The van der Waals surface area contributed by atoms with Crippen LogP contribution in [0.25, 0.3) is 0 Å². The van der Waals surface area contributed by atoms with Crippen LogP contribution >= 0.6 is 0 Å². The first-order valence-electron chi connectivity index (χ1n) is 7.59. The fraction of sp³-hybridized carbons (Fsp3) is 0.529. The molecule has 1 rings (SSSR count). The molecule has 2 amide bonds. The smallest absolute Gasteiger partial charge is 0.253 e. The Morgan fingerprint density at radius 1 is 1.24 bits per heavy atom. The van der Waals surface area contributed by atoms with Crippen LogP contribution in [-0.4, -0.2) is 36.9 Å². The minimum Gasteiger partial charge on any atom is -0.352 e. The molecule has 0 heterocycles. The van der Waals surface area contributed by atoms with E-state index in [2.05, 4.69) is 12.2 Å². The minimum atomic E-state index is -0.130. The Labute approximate surface area is 127 Å². The first-order valence-corrected chi connectivity index (χ1v) is 7.59. The maximum absolute atomic E-state index is 12.3. The van der Waals surface area contributed by atoms with Crippen molar-refractivity contribution in [1.82, 2.24) is 10.2 Å². The average molecular weight is 290 g/mol. The number of rotatable bonds is 7. The highest BCUT2D eigenvalue weighted by atomic mass is 16.2. The lowest BCUT2D eigenvalue weighted by atomic mass is 10.1. The Kier molecular flexibility index (Phi) is 6.92. The zero-order valence-electron chi connectivity index (χ0n) is 13.5. The molecular formula is C17H26N2O2. The van der Waals surface area contributed by atoms with Crippen molar-refractivity contribution in [2.24, 2.45) is 5.92 Å². The zero-order chi connectivity index (χ0) is 15.8. The molecule has 4 nitrogen and oxygen atoms in total. The van der Waals surface area contributed by atoms with Gasteiger partial charge in [-0.2, -0.15) is 0 Å². The first-order chi connectivity index (χ1) is 9.95. The van der Waals surface area contributed by atoms with Crippen molar-refractivity contribution in [2.45, 2.75) is 33.6 Å². The number of hydrogen-bond donors (Lipinski definition) is 1. The standard InChI is InChI=1S/C17H26N2O2/c1-5-6-10-19(4)17(21)15-9-7-8-14(11-15)16(20)18-12-13(2)3/h7-9,11,13H,5-6,10,12H2,1-4H3,(H,18,20). The van der Waals surface area contributed by atoms with Gasteiger partial charge in [0, 0.05) is 31.3 Å². The summed E-state index contributed by atoms with van der Waals surface area (Å²) in [7, 11) is 1.80. The van der Waals surface area contributed by atoms with E-state index < -0.39 is 0 Å². The van der Waals surface area contributed by atoms with Crippen molar-refractivity contribution in [1.29, 1.82) is 0 Å². The van der Waals surface area contributed by atoms with Crippen molar-refractivity contribution >= 4 is 11.8 Å². The molecule has 1 N–H and O–H groups in total. The Balaban J connectivity index is 2.75. The second-order valence-electron chi connectivity index (χ2n) is 5.76. The van der Waals surface area contributed by atoms with Gasteiger partial charge in [-0.15, -0.1) is 0 Å². The van der Waals surface area contributed by atoms with E-state index in [-0.39, 0.29) is 11.8 Å². The molecule has 0 aromatic heterocycles. The number of carbonyl (C=O) groups excluding carboxylic acids is 2. The molecule has 4 heteroatoms. The second kappa shape index (κ2) is 8.45. The molecule has 0 unspecified atom stereocenters. The monoisotopic (exact) mass is 290 g/mol. The van der Waals surface area contributed by atoms with Gasteiger partial charge in [0.2, 0.25) is 0 Å². The summed E-state index contributed by atoms with van der Waals surface area (Å²) in [6, 6.07) is 6.91. The molecule has 0 aliphatic carbocycles.